The third-order valence-corrected chi connectivity index (χ3v) is 6.37. The number of para-hydroxylation sites is 1. The predicted octanol–water partition coefficient (Wildman–Crippen LogP) is 3.32. The van der Waals surface area contributed by atoms with Crippen LogP contribution in [0.25, 0.3) is 0 Å². The van der Waals surface area contributed by atoms with Gasteiger partial charge in [-0.3, -0.25) is 4.99 Å². The van der Waals surface area contributed by atoms with E-state index >= 15 is 0 Å². The van der Waals surface area contributed by atoms with Crippen LogP contribution < -0.4 is 20.1 Å². The Labute approximate surface area is 202 Å². The molecule has 0 aromatic heterocycles. The van der Waals surface area contributed by atoms with Gasteiger partial charge in [0.1, 0.15) is 11.4 Å². The number of nitrogens with one attached hydrogen (secondary N) is 3. The molecule has 1 aliphatic heterocycles. The van der Waals surface area contributed by atoms with Gasteiger partial charge in [-0.15, -0.1) is 24.0 Å². The maximum Gasteiger partial charge on any atom is 0.215 e. The summed E-state index contributed by atoms with van der Waals surface area (Å²) in [6.07, 6.45) is 0.808. The van der Waals surface area contributed by atoms with Gasteiger partial charge < -0.3 is 15.4 Å². The van der Waals surface area contributed by atoms with Crippen molar-refractivity contribution in [2.24, 2.45) is 4.99 Å². The zero-order chi connectivity index (χ0) is 21.8. The summed E-state index contributed by atoms with van der Waals surface area (Å²) in [5.41, 5.74) is 2.55. The molecule has 170 valence electrons. The topological polar surface area (TPSA) is 91.8 Å². The summed E-state index contributed by atoms with van der Waals surface area (Å²) in [5.74, 6) is 1.53. The Balaban J connectivity index is 0.00000341. The Morgan fingerprint density at radius 3 is 2.58 bits per heavy atom. The lowest BCUT2D eigenvalue weighted by molar-refractivity contribution is 0.0694. The Hall–Kier alpha value is -1.85. The molecule has 0 amide bonds. The number of aliphatic imine (C=N–C) groups is 1. The Morgan fingerprint density at radius 1 is 1.16 bits per heavy atom. The van der Waals surface area contributed by atoms with Gasteiger partial charge in [0.15, 0.2) is 5.96 Å². The molecule has 0 fully saturated rings. The highest BCUT2D eigenvalue weighted by molar-refractivity contribution is 14.0. The smallest absolute Gasteiger partial charge is 0.215 e. The Morgan fingerprint density at radius 2 is 1.87 bits per heavy atom. The third kappa shape index (κ3) is 7.08. The first-order valence-electron chi connectivity index (χ1n) is 9.95. The molecule has 1 heterocycles. The van der Waals surface area contributed by atoms with Crippen LogP contribution in [0.4, 0.5) is 0 Å². The summed E-state index contributed by atoms with van der Waals surface area (Å²) in [7, 11) is -0.142. The number of rotatable bonds is 6. The van der Waals surface area contributed by atoms with Gasteiger partial charge in [0.25, 0.3) is 0 Å². The van der Waals surface area contributed by atoms with E-state index in [1.54, 1.807) is 7.05 Å². The van der Waals surface area contributed by atoms with Gasteiger partial charge in [-0.2, -0.15) is 0 Å². The van der Waals surface area contributed by atoms with Crippen molar-refractivity contribution in [2.75, 3.05) is 14.1 Å². The SMILES string of the molecule is CN=C(NCc1cccc(CS(=O)(=O)NC)c1)NC1CC(C)(C)Oc2ccccc21.I. The van der Waals surface area contributed by atoms with E-state index in [9.17, 15) is 8.42 Å². The molecule has 31 heavy (non-hydrogen) atoms. The van der Waals surface area contributed by atoms with Crippen molar-refractivity contribution >= 4 is 40.0 Å². The van der Waals surface area contributed by atoms with Crippen molar-refractivity contribution in [3.8, 4) is 5.75 Å². The van der Waals surface area contributed by atoms with Crippen molar-refractivity contribution in [1.82, 2.24) is 15.4 Å². The van der Waals surface area contributed by atoms with Crippen molar-refractivity contribution in [1.29, 1.82) is 0 Å². The van der Waals surface area contributed by atoms with E-state index in [4.69, 9.17) is 4.74 Å². The molecule has 0 aliphatic carbocycles. The number of ether oxygens (including phenoxy) is 1. The van der Waals surface area contributed by atoms with Crippen LogP contribution in [0.1, 0.15) is 43.0 Å². The fourth-order valence-electron chi connectivity index (χ4n) is 3.60. The molecular weight excluding hydrogens is 527 g/mol. The van der Waals surface area contributed by atoms with Crippen LogP contribution in [0.15, 0.2) is 53.5 Å². The molecule has 1 unspecified atom stereocenters. The minimum atomic E-state index is -3.30. The second-order valence-corrected chi connectivity index (χ2v) is 9.94. The second-order valence-electron chi connectivity index (χ2n) is 8.01. The van der Waals surface area contributed by atoms with Gasteiger partial charge in [0.2, 0.25) is 10.0 Å². The molecule has 9 heteroatoms. The minimum absolute atomic E-state index is 0. The van der Waals surface area contributed by atoms with Crippen LogP contribution in [0.3, 0.4) is 0 Å². The van der Waals surface area contributed by atoms with Crippen LogP contribution in [0.5, 0.6) is 5.75 Å². The summed E-state index contributed by atoms with van der Waals surface area (Å²) in [6.45, 7) is 4.69. The van der Waals surface area contributed by atoms with Crippen LogP contribution >= 0.6 is 24.0 Å². The molecule has 1 aliphatic rings. The number of nitrogens with zero attached hydrogens (tertiary/aromatic N) is 1. The molecule has 0 radical (unpaired) electrons. The highest BCUT2D eigenvalue weighted by Gasteiger charge is 2.33. The van der Waals surface area contributed by atoms with Crippen molar-refractivity contribution in [2.45, 2.75) is 44.2 Å². The zero-order valence-electron chi connectivity index (χ0n) is 18.3. The molecule has 7 nitrogen and oxygen atoms in total. The molecular formula is C22H31IN4O3S. The van der Waals surface area contributed by atoms with E-state index in [2.05, 4.69) is 40.3 Å². The van der Waals surface area contributed by atoms with Gasteiger partial charge in [0, 0.05) is 25.6 Å². The normalized spacial score (nSPS) is 17.7. The van der Waals surface area contributed by atoms with Crippen LogP contribution in [0, 0.1) is 0 Å². The molecule has 2 aromatic carbocycles. The number of sulfonamides is 1. The van der Waals surface area contributed by atoms with E-state index in [1.807, 2.05) is 42.5 Å². The van der Waals surface area contributed by atoms with Gasteiger partial charge in [-0.05, 0) is 38.1 Å². The lowest BCUT2D eigenvalue weighted by atomic mass is 9.90. The van der Waals surface area contributed by atoms with Crippen molar-refractivity contribution in [3.05, 3.63) is 65.2 Å². The van der Waals surface area contributed by atoms with E-state index in [0.717, 1.165) is 28.9 Å². The second kappa shape index (κ2) is 10.6. The summed E-state index contributed by atoms with van der Waals surface area (Å²) in [4.78, 5) is 4.36. The van der Waals surface area contributed by atoms with Crippen LogP contribution in [-0.4, -0.2) is 34.1 Å². The van der Waals surface area contributed by atoms with Gasteiger partial charge in [-0.1, -0.05) is 42.5 Å². The number of benzene rings is 2. The van der Waals surface area contributed by atoms with Crippen molar-refractivity contribution < 1.29 is 13.2 Å². The molecule has 0 saturated heterocycles. The lowest BCUT2D eigenvalue weighted by Crippen LogP contribution is -2.45. The molecule has 1 atom stereocenters. The fourth-order valence-corrected chi connectivity index (χ4v) is 4.36. The maximum atomic E-state index is 11.8. The monoisotopic (exact) mass is 558 g/mol. The first kappa shape index (κ1) is 25.4. The lowest BCUT2D eigenvalue weighted by Gasteiger charge is -2.38. The van der Waals surface area contributed by atoms with Crippen LogP contribution in [0.2, 0.25) is 0 Å². The average molecular weight is 558 g/mol. The largest absolute Gasteiger partial charge is 0.487 e. The number of halogens is 1. The summed E-state index contributed by atoms with van der Waals surface area (Å²) < 4.78 is 32.0. The average Bonchev–Trinajstić information content (AvgIpc) is 2.70. The van der Waals surface area contributed by atoms with E-state index in [-0.39, 0.29) is 41.4 Å². The molecule has 2 aromatic rings. The van der Waals surface area contributed by atoms with Crippen LogP contribution in [-0.2, 0) is 22.3 Å². The van der Waals surface area contributed by atoms with Gasteiger partial charge >= 0.3 is 0 Å². The van der Waals surface area contributed by atoms with E-state index in [0.29, 0.717) is 12.5 Å². The number of hydrogen-bond acceptors (Lipinski definition) is 4. The fraction of sp³-hybridized carbons (Fsp3) is 0.409. The minimum Gasteiger partial charge on any atom is -0.487 e. The summed E-state index contributed by atoms with van der Waals surface area (Å²) in [5, 5.41) is 6.83. The first-order valence-corrected chi connectivity index (χ1v) is 11.6. The molecule has 0 bridgehead atoms. The Bertz CT molecular complexity index is 1020. The van der Waals surface area contributed by atoms with E-state index in [1.165, 1.54) is 7.05 Å². The standard InChI is InChI=1S/C22H30N4O3S.HI/c1-22(2)13-19(18-10-5-6-11-20(18)29-22)26-21(23-3)25-14-16-8-7-9-17(12-16)15-30(27,28)24-4;/h5-12,19,24H,13-15H2,1-4H3,(H2,23,25,26);1H. The highest BCUT2D eigenvalue weighted by atomic mass is 127. The Kier molecular flexibility index (Phi) is 8.73. The third-order valence-electron chi connectivity index (χ3n) is 5.03. The molecule has 0 spiro atoms. The first-order chi connectivity index (χ1) is 14.2. The summed E-state index contributed by atoms with van der Waals surface area (Å²) >= 11 is 0. The predicted molar refractivity (Wildman–Crippen MR) is 135 cm³/mol. The zero-order valence-corrected chi connectivity index (χ0v) is 21.5. The number of guanidine groups is 1. The molecule has 0 saturated carbocycles. The maximum absolute atomic E-state index is 11.8. The highest BCUT2D eigenvalue weighted by Crippen LogP contribution is 2.39. The molecule has 3 rings (SSSR count). The number of fused-ring (bicyclic) bond motifs is 1. The van der Waals surface area contributed by atoms with Gasteiger partial charge in [-0.25, -0.2) is 13.1 Å². The quantitative estimate of drug-likeness (QED) is 0.288. The van der Waals surface area contributed by atoms with Gasteiger partial charge in [0.05, 0.1) is 11.8 Å². The molecule has 3 N–H and O–H groups in total. The summed E-state index contributed by atoms with van der Waals surface area (Å²) in [6, 6.07) is 15.7. The van der Waals surface area contributed by atoms with E-state index < -0.39 is 10.0 Å². The number of hydrogen-bond donors (Lipinski definition) is 3. The van der Waals surface area contributed by atoms with Crippen molar-refractivity contribution in [3.63, 3.8) is 0 Å².